The van der Waals surface area contributed by atoms with E-state index in [0.29, 0.717) is 18.9 Å². The normalized spacial score (nSPS) is 13.9. The van der Waals surface area contributed by atoms with Crippen LogP contribution in [0.4, 0.5) is 0 Å². The second kappa shape index (κ2) is 13.9. The van der Waals surface area contributed by atoms with Crippen molar-refractivity contribution in [2.24, 2.45) is 5.92 Å². The Morgan fingerprint density at radius 1 is 1.14 bits per heavy atom. The number of hydrogen-bond donors (Lipinski definition) is 0. The number of hydrogen-bond acceptors (Lipinski definition) is 3. The predicted octanol–water partition coefficient (Wildman–Crippen LogP) is 6.55. The number of carbonyl (C=O) groups excluding carboxylic acids is 1. The molecule has 0 unspecified atom stereocenters. The fraction of sp³-hybridized carbons (Fsp3) is 0.625. The van der Waals surface area contributed by atoms with E-state index in [1.54, 1.807) is 0 Å². The van der Waals surface area contributed by atoms with Gasteiger partial charge in [-0.25, -0.2) is 0 Å². The highest BCUT2D eigenvalue weighted by Gasteiger charge is 2.32. The standard InChI is InChI=1S/C24H40O3Si/c1-6-23(25)16-13-17-24(27-28(7-2,8-3)9-4)18-21(5)19-26-20-22-14-11-10-12-15-22/h6,10-12,14-15,21,24H,1,7-9,13,16-20H2,2-5H3/t21-,24-/m1/s1. The molecule has 3 nitrogen and oxygen atoms in total. The molecule has 28 heavy (non-hydrogen) atoms. The third-order valence-electron chi connectivity index (χ3n) is 5.71. The van der Waals surface area contributed by atoms with E-state index < -0.39 is 8.32 Å². The molecule has 0 fully saturated rings. The third kappa shape index (κ3) is 9.31. The summed E-state index contributed by atoms with van der Waals surface area (Å²) in [6.45, 7) is 14.0. The molecule has 0 aliphatic rings. The fourth-order valence-electron chi connectivity index (χ4n) is 3.65. The van der Waals surface area contributed by atoms with E-state index in [4.69, 9.17) is 9.16 Å². The lowest BCUT2D eigenvalue weighted by Crippen LogP contribution is -2.40. The van der Waals surface area contributed by atoms with Gasteiger partial charge in [0.2, 0.25) is 0 Å². The second-order valence-corrected chi connectivity index (χ2v) is 12.6. The molecular weight excluding hydrogens is 364 g/mol. The first kappa shape index (κ1) is 24.8. The topological polar surface area (TPSA) is 35.5 Å². The van der Waals surface area contributed by atoms with Crippen molar-refractivity contribution in [1.29, 1.82) is 0 Å². The summed E-state index contributed by atoms with van der Waals surface area (Å²) in [6, 6.07) is 13.8. The summed E-state index contributed by atoms with van der Waals surface area (Å²) in [5.41, 5.74) is 1.21. The van der Waals surface area contributed by atoms with Crippen molar-refractivity contribution in [3.05, 3.63) is 48.6 Å². The van der Waals surface area contributed by atoms with Gasteiger partial charge >= 0.3 is 0 Å². The van der Waals surface area contributed by atoms with E-state index in [-0.39, 0.29) is 11.9 Å². The van der Waals surface area contributed by atoms with E-state index in [1.165, 1.54) is 11.6 Å². The van der Waals surface area contributed by atoms with Crippen LogP contribution in [0, 0.1) is 5.92 Å². The van der Waals surface area contributed by atoms with Crippen molar-refractivity contribution in [2.45, 2.75) is 84.2 Å². The monoisotopic (exact) mass is 404 g/mol. The molecule has 0 amide bonds. The SMILES string of the molecule is C=CC(=O)CCC[C@H](C[C@@H](C)COCc1ccccc1)O[Si](CC)(CC)CC. The van der Waals surface area contributed by atoms with Gasteiger partial charge < -0.3 is 9.16 Å². The maximum Gasteiger partial charge on any atom is 0.192 e. The molecule has 0 N–H and O–H groups in total. The van der Waals surface area contributed by atoms with Gasteiger partial charge in [-0.1, -0.05) is 64.6 Å². The minimum atomic E-state index is -1.66. The fourth-order valence-corrected chi connectivity index (χ4v) is 6.57. The molecule has 0 aromatic heterocycles. The van der Waals surface area contributed by atoms with Crippen LogP contribution in [0.5, 0.6) is 0 Å². The molecule has 0 heterocycles. The molecule has 0 saturated carbocycles. The van der Waals surface area contributed by atoms with Gasteiger partial charge in [-0.2, -0.15) is 0 Å². The van der Waals surface area contributed by atoms with Gasteiger partial charge in [-0.3, -0.25) is 4.79 Å². The van der Waals surface area contributed by atoms with Crippen molar-refractivity contribution in [2.75, 3.05) is 6.61 Å². The smallest absolute Gasteiger partial charge is 0.192 e. The summed E-state index contributed by atoms with van der Waals surface area (Å²) in [7, 11) is -1.66. The highest BCUT2D eigenvalue weighted by molar-refractivity contribution is 6.73. The van der Waals surface area contributed by atoms with Crippen molar-refractivity contribution in [1.82, 2.24) is 0 Å². The first-order chi connectivity index (χ1) is 13.5. The summed E-state index contributed by atoms with van der Waals surface area (Å²) in [6.07, 6.45) is 5.03. The first-order valence-corrected chi connectivity index (χ1v) is 13.5. The molecular formula is C24H40O3Si. The zero-order valence-corrected chi connectivity index (χ0v) is 19.4. The number of carbonyl (C=O) groups is 1. The largest absolute Gasteiger partial charge is 0.414 e. The van der Waals surface area contributed by atoms with Crippen LogP contribution in [0.25, 0.3) is 0 Å². The quantitative estimate of drug-likeness (QED) is 0.232. The lowest BCUT2D eigenvalue weighted by molar-refractivity contribution is -0.114. The molecule has 0 saturated heterocycles. The second-order valence-electron chi connectivity index (χ2n) is 7.89. The Balaban J connectivity index is 2.58. The summed E-state index contributed by atoms with van der Waals surface area (Å²) in [4.78, 5) is 11.6. The average molecular weight is 405 g/mol. The molecule has 0 bridgehead atoms. The zero-order chi connectivity index (χ0) is 20.8. The molecule has 0 aliphatic carbocycles. The van der Waals surface area contributed by atoms with Crippen LogP contribution < -0.4 is 0 Å². The molecule has 0 radical (unpaired) electrons. The van der Waals surface area contributed by atoms with E-state index in [1.807, 2.05) is 18.2 Å². The van der Waals surface area contributed by atoms with Crippen LogP contribution >= 0.6 is 0 Å². The Hall–Kier alpha value is -1.23. The lowest BCUT2D eigenvalue weighted by Gasteiger charge is -2.34. The molecule has 2 atom stereocenters. The van der Waals surface area contributed by atoms with Crippen molar-refractivity contribution < 1.29 is 14.0 Å². The summed E-state index contributed by atoms with van der Waals surface area (Å²) in [5, 5.41) is 0. The molecule has 1 aromatic rings. The van der Waals surface area contributed by atoms with Crippen molar-refractivity contribution in [3.8, 4) is 0 Å². The molecule has 158 valence electrons. The Morgan fingerprint density at radius 2 is 1.79 bits per heavy atom. The molecule has 1 aromatic carbocycles. The van der Waals surface area contributed by atoms with Gasteiger partial charge in [0.15, 0.2) is 14.1 Å². The van der Waals surface area contributed by atoms with Gasteiger partial charge in [0, 0.05) is 19.1 Å². The first-order valence-electron chi connectivity index (χ1n) is 10.9. The minimum absolute atomic E-state index is 0.128. The highest BCUT2D eigenvalue weighted by Crippen LogP contribution is 2.28. The summed E-state index contributed by atoms with van der Waals surface area (Å²) >= 11 is 0. The zero-order valence-electron chi connectivity index (χ0n) is 18.4. The molecule has 0 spiro atoms. The Labute approximate surface area is 173 Å². The van der Waals surface area contributed by atoms with E-state index in [9.17, 15) is 4.79 Å². The average Bonchev–Trinajstić information content (AvgIpc) is 2.72. The number of ether oxygens (including phenoxy) is 1. The van der Waals surface area contributed by atoms with E-state index in [0.717, 1.165) is 44.0 Å². The van der Waals surface area contributed by atoms with Gasteiger partial charge in [0.1, 0.15) is 0 Å². The Kier molecular flexibility index (Phi) is 12.3. The molecule has 4 heteroatoms. The lowest BCUT2D eigenvalue weighted by atomic mass is 10.00. The Morgan fingerprint density at radius 3 is 2.36 bits per heavy atom. The van der Waals surface area contributed by atoms with Crippen molar-refractivity contribution in [3.63, 3.8) is 0 Å². The van der Waals surface area contributed by atoms with Crippen molar-refractivity contribution >= 4 is 14.1 Å². The summed E-state index contributed by atoms with van der Waals surface area (Å²) < 4.78 is 12.7. The third-order valence-corrected chi connectivity index (χ3v) is 10.4. The minimum Gasteiger partial charge on any atom is -0.414 e. The highest BCUT2D eigenvalue weighted by atomic mass is 28.4. The molecule has 1 rings (SSSR count). The predicted molar refractivity (Wildman–Crippen MR) is 121 cm³/mol. The van der Waals surface area contributed by atoms with Gasteiger partial charge in [0.25, 0.3) is 0 Å². The Bertz CT molecular complexity index is 546. The van der Waals surface area contributed by atoms with Crippen LogP contribution in [-0.2, 0) is 20.6 Å². The van der Waals surface area contributed by atoms with Crippen LogP contribution in [0.15, 0.2) is 43.0 Å². The van der Waals surface area contributed by atoms with E-state index in [2.05, 4.69) is 46.4 Å². The maximum atomic E-state index is 11.6. The summed E-state index contributed by atoms with van der Waals surface area (Å²) in [5.74, 6) is 0.559. The van der Waals surface area contributed by atoms with Crippen LogP contribution in [0.3, 0.4) is 0 Å². The number of ketones is 1. The van der Waals surface area contributed by atoms with E-state index >= 15 is 0 Å². The van der Waals surface area contributed by atoms with Gasteiger partial charge in [-0.15, -0.1) is 0 Å². The number of allylic oxidation sites excluding steroid dienone is 1. The van der Waals surface area contributed by atoms with Gasteiger partial charge in [-0.05, 0) is 55.0 Å². The van der Waals surface area contributed by atoms with Crippen LogP contribution in [-0.4, -0.2) is 26.8 Å². The van der Waals surface area contributed by atoms with Gasteiger partial charge in [0.05, 0.1) is 6.61 Å². The number of benzene rings is 1. The number of rotatable bonds is 16. The molecule has 0 aliphatic heterocycles. The van der Waals surface area contributed by atoms with Crippen LogP contribution in [0.1, 0.15) is 58.9 Å². The maximum absolute atomic E-state index is 11.6. The van der Waals surface area contributed by atoms with Crippen LogP contribution in [0.2, 0.25) is 18.1 Å².